The normalized spacial score (nSPS) is 16.5. The largest absolute Gasteiger partial charge is 0.303 e. The minimum atomic E-state index is 0.494. The topological polar surface area (TPSA) is 17.1 Å². The van der Waals surface area contributed by atoms with E-state index in [1.807, 2.05) is 0 Å². The van der Waals surface area contributed by atoms with Gasteiger partial charge in [-0.3, -0.25) is 0 Å². The first kappa shape index (κ1) is 17.2. The van der Waals surface area contributed by atoms with Crippen LogP contribution in [0.25, 0.3) is 0 Å². The molecule has 1 heteroatoms. The van der Waals surface area contributed by atoms with Crippen molar-refractivity contribution in [2.45, 2.75) is 66.7 Å². The third-order valence-corrected chi connectivity index (χ3v) is 3.87. The van der Waals surface area contributed by atoms with E-state index in [0.29, 0.717) is 18.3 Å². The van der Waals surface area contributed by atoms with E-state index in [1.165, 1.54) is 11.1 Å². The Hall–Kier alpha value is -0.850. The Bertz CT molecular complexity index is 286. The first-order valence-corrected chi connectivity index (χ1v) is 7.26. The molecule has 2 atom stereocenters. The monoisotopic (exact) mass is 250 g/mol. The van der Waals surface area contributed by atoms with Crippen LogP contribution in [0.2, 0.25) is 0 Å². The number of carbonyl (C=O) groups excluding carboxylic acids is 1. The fourth-order valence-electron chi connectivity index (χ4n) is 1.80. The highest BCUT2D eigenvalue weighted by atomic mass is 16.1. The summed E-state index contributed by atoms with van der Waals surface area (Å²) in [5, 5.41) is 0. The molecule has 0 amide bonds. The Morgan fingerprint density at radius 2 is 1.61 bits per heavy atom. The lowest BCUT2D eigenvalue weighted by Gasteiger charge is -2.15. The minimum Gasteiger partial charge on any atom is -0.303 e. The molecule has 0 radical (unpaired) electrons. The van der Waals surface area contributed by atoms with E-state index in [0.717, 1.165) is 32.0 Å². The van der Waals surface area contributed by atoms with Gasteiger partial charge in [0.05, 0.1) is 0 Å². The molecule has 1 nitrogen and oxygen atoms in total. The second kappa shape index (κ2) is 10.1. The molecule has 0 saturated carbocycles. The molecular formula is C17H30O. The lowest BCUT2D eigenvalue weighted by atomic mass is 9.90. The molecule has 0 aromatic heterocycles. The average molecular weight is 250 g/mol. The molecule has 0 rings (SSSR count). The van der Waals surface area contributed by atoms with E-state index >= 15 is 0 Å². The Morgan fingerprint density at radius 1 is 1.00 bits per heavy atom. The number of allylic oxidation sites excluding steroid dienone is 4. The van der Waals surface area contributed by atoms with Gasteiger partial charge in [0.15, 0.2) is 0 Å². The molecule has 0 saturated heterocycles. The molecule has 0 N–H and O–H groups in total. The van der Waals surface area contributed by atoms with Crippen LogP contribution in [0.1, 0.15) is 66.7 Å². The van der Waals surface area contributed by atoms with Crippen LogP contribution in [-0.4, -0.2) is 6.29 Å². The number of aldehydes is 1. The van der Waals surface area contributed by atoms with Crippen molar-refractivity contribution < 1.29 is 4.79 Å². The molecule has 2 unspecified atom stereocenters. The van der Waals surface area contributed by atoms with E-state index in [2.05, 4.69) is 46.8 Å². The minimum absolute atomic E-state index is 0.494. The van der Waals surface area contributed by atoms with Gasteiger partial charge in [0.2, 0.25) is 0 Å². The molecule has 18 heavy (non-hydrogen) atoms. The van der Waals surface area contributed by atoms with Crippen molar-refractivity contribution in [3.05, 3.63) is 23.3 Å². The molecule has 104 valence electrons. The van der Waals surface area contributed by atoms with Crippen LogP contribution in [0, 0.1) is 11.8 Å². The summed E-state index contributed by atoms with van der Waals surface area (Å²) in [5.74, 6) is 1.09. The molecule has 0 aromatic carbocycles. The summed E-state index contributed by atoms with van der Waals surface area (Å²) < 4.78 is 0. The molecule has 0 spiro atoms. The van der Waals surface area contributed by atoms with Crippen molar-refractivity contribution in [1.29, 1.82) is 0 Å². The summed E-state index contributed by atoms with van der Waals surface area (Å²) in [6, 6.07) is 0. The lowest BCUT2D eigenvalue weighted by Crippen LogP contribution is -2.07. The molecule has 0 aliphatic rings. The fraction of sp³-hybridized carbons (Fsp3) is 0.706. The van der Waals surface area contributed by atoms with Crippen LogP contribution < -0.4 is 0 Å². The van der Waals surface area contributed by atoms with Crippen molar-refractivity contribution in [2.75, 3.05) is 0 Å². The van der Waals surface area contributed by atoms with E-state index in [9.17, 15) is 4.79 Å². The van der Waals surface area contributed by atoms with E-state index in [-0.39, 0.29) is 0 Å². The highest BCUT2D eigenvalue weighted by Gasteiger charge is 2.09. The van der Waals surface area contributed by atoms with Crippen LogP contribution in [0.15, 0.2) is 23.3 Å². The van der Waals surface area contributed by atoms with Gasteiger partial charge in [-0.05, 0) is 51.4 Å². The maximum absolute atomic E-state index is 10.5. The fourth-order valence-corrected chi connectivity index (χ4v) is 1.80. The second-order valence-corrected chi connectivity index (χ2v) is 5.59. The summed E-state index contributed by atoms with van der Waals surface area (Å²) in [7, 11) is 0. The number of carbonyl (C=O) groups is 1. The molecular weight excluding hydrogens is 220 g/mol. The van der Waals surface area contributed by atoms with Crippen LogP contribution in [0.5, 0.6) is 0 Å². The molecule has 0 heterocycles. The van der Waals surface area contributed by atoms with Crippen LogP contribution in [0.3, 0.4) is 0 Å². The summed E-state index contributed by atoms with van der Waals surface area (Å²) in [6.45, 7) is 11.0. The Labute approximate surface area is 113 Å². The van der Waals surface area contributed by atoms with Crippen molar-refractivity contribution in [3.63, 3.8) is 0 Å². The highest BCUT2D eigenvalue weighted by Crippen LogP contribution is 2.19. The molecule has 0 aliphatic carbocycles. The van der Waals surface area contributed by atoms with Crippen LogP contribution >= 0.6 is 0 Å². The van der Waals surface area contributed by atoms with Gasteiger partial charge in [0.25, 0.3) is 0 Å². The Balaban J connectivity index is 4.00. The number of rotatable bonds is 9. The van der Waals surface area contributed by atoms with Gasteiger partial charge in [-0.25, -0.2) is 0 Å². The van der Waals surface area contributed by atoms with Gasteiger partial charge >= 0.3 is 0 Å². The van der Waals surface area contributed by atoms with Crippen molar-refractivity contribution in [1.82, 2.24) is 0 Å². The van der Waals surface area contributed by atoms with E-state index in [1.54, 1.807) is 0 Å². The zero-order valence-electron chi connectivity index (χ0n) is 12.8. The second-order valence-electron chi connectivity index (χ2n) is 5.59. The predicted molar refractivity (Wildman–Crippen MR) is 80.7 cm³/mol. The zero-order valence-corrected chi connectivity index (χ0v) is 12.8. The van der Waals surface area contributed by atoms with Gasteiger partial charge in [0, 0.05) is 6.42 Å². The van der Waals surface area contributed by atoms with Gasteiger partial charge in [-0.2, -0.15) is 0 Å². The van der Waals surface area contributed by atoms with Crippen LogP contribution in [-0.2, 0) is 4.79 Å². The van der Waals surface area contributed by atoms with Gasteiger partial charge in [-0.15, -0.1) is 0 Å². The van der Waals surface area contributed by atoms with Crippen molar-refractivity contribution in [3.8, 4) is 0 Å². The van der Waals surface area contributed by atoms with Crippen LogP contribution in [0.4, 0.5) is 0 Å². The molecule has 0 aromatic rings. The van der Waals surface area contributed by atoms with Crippen molar-refractivity contribution >= 4 is 6.29 Å². The maximum Gasteiger partial charge on any atom is 0.120 e. The molecule has 0 fully saturated rings. The third-order valence-electron chi connectivity index (χ3n) is 3.87. The summed E-state index contributed by atoms with van der Waals surface area (Å²) in [4.78, 5) is 10.5. The predicted octanol–water partition coefficient (Wildman–Crippen LogP) is 5.32. The average Bonchev–Trinajstić information content (AvgIpc) is 2.35. The first-order valence-electron chi connectivity index (χ1n) is 7.26. The maximum atomic E-state index is 10.5. The summed E-state index contributed by atoms with van der Waals surface area (Å²) in [5.41, 5.74) is 2.95. The highest BCUT2D eigenvalue weighted by molar-refractivity contribution is 5.49. The summed E-state index contributed by atoms with van der Waals surface area (Å²) in [6.07, 6.45) is 11.0. The van der Waals surface area contributed by atoms with Gasteiger partial charge < -0.3 is 4.79 Å². The van der Waals surface area contributed by atoms with Gasteiger partial charge in [0.1, 0.15) is 6.29 Å². The Morgan fingerprint density at radius 3 is 2.17 bits per heavy atom. The summed E-state index contributed by atoms with van der Waals surface area (Å²) >= 11 is 0. The SMILES string of the molecule is CC/C(C)=C\CC/C(C)=C/CC(C)C(C)CC=O. The Kier molecular flexibility index (Phi) is 9.63. The standard InChI is InChI=1S/C17H30O/c1-6-14(2)8-7-9-15(3)10-11-16(4)17(5)12-13-18/h8,10,13,16-17H,6-7,9,11-12H2,1-5H3/b14-8-,15-10+. The van der Waals surface area contributed by atoms with Crippen molar-refractivity contribution in [2.24, 2.45) is 11.8 Å². The zero-order chi connectivity index (χ0) is 14.0. The van der Waals surface area contributed by atoms with Gasteiger partial charge in [-0.1, -0.05) is 44.1 Å². The third kappa shape index (κ3) is 8.27. The quantitative estimate of drug-likeness (QED) is 0.400. The molecule has 0 bridgehead atoms. The van der Waals surface area contributed by atoms with E-state index < -0.39 is 0 Å². The lowest BCUT2D eigenvalue weighted by molar-refractivity contribution is -0.108. The first-order chi connectivity index (χ1) is 8.51. The molecule has 0 aliphatic heterocycles. The van der Waals surface area contributed by atoms with E-state index in [4.69, 9.17) is 0 Å². The number of hydrogen-bond acceptors (Lipinski definition) is 1. The number of hydrogen-bond donors (Lipinski definition) is 0. The smallest absolute Gasteiger partial charge is 0.120 e.